The van der Waals surface area contributed by atoms with Gasteiger partial charge in [0.1, 0.15) is 16.9 Å². The van der Waals surface area contributed by atoms with Gasteiger partial charge < -0.3 is 9.52 Å². The minimum atomic E-state index is -0.889. The average Bonchev–Trinajstić information content (AvgIpc) is 2.94. The number of aliphatic hydroxyl groups is 1. The molecule has 0 aliphatic heterocycles. The van der Waals surface area contributed by atoms with Crippen LogP contribution in [0.3, 0.4) is 0 Å². The quantitative estimate of drug-likeness (QED) is 0.726. The molecule has 0 amide bonds. The standard InChI is InChI=1S/C19H18O2/c1-13-5-4-8-15-11-17(21-18(13)15)19(20)10-9-14-6-2-3-7-16(14)12-19/h2-8,11,20H,9-10,12H2,1H3. The summed E-state index contributed by atoms with van der Waals surface area (Å²) in [6.45, 7) is 2.04. The maximum absolute atomic E-state index is 11.1. The third-order valence-corrected chi connectivity index (χ3v) is 4.61. The predicted octanol–water partition coefficient (Wildman–Crippen LogP) is 4.12. The highest BCUT2D eigenvalue weighted by Crippen LogP contribution is 2.39. The van der Waals surface area contributed by atoms with Crippen molar-refractivity contribution in [3.63, 3.8) is 0 Å². The van der Waals surface area contributed by atoms with E-state index >= 15 is 0 Å². The monoisotopic (exact) mass is 278 g/mol. The van der Waals surface area contributed by atoms with E-state index in [0.29, 0.717) is 18.6 Å². The Kier molecular flexibility index (Phi) is 2.69. The van der Waals surface area contributed by atoms with Crippen molar-refractivity contribution < 1.29 is 9.52 Å². The molecule has 1 aliphatic carbocycles. The first-order valence-corrected chi connectivity index (χ1v) is 7.44. The molecule has 0 fully saturated rings. The maximum atomic E-state index is 11.1. The van der Waals surface area contributed by atoms with Gasteiger partial charge in [-0.2, -0.15) is 0 Å². The van der Waals surface area contributed by atoms with Crippen LogP contribution in [0.25, 0.3) is 11.0 Å². The number of hydrogen-bond acceptors (Lipinski definition) is 2. The zero-order valence-electron chi connectivity index (χ0n) is 12.1. The third-order valence-electron chi connectivity index (χ3n) is 4.61. The van der Waals surface area contributed by atoms with Crippen LogP contribution < -0.4 is 0 Å². The zero-order chi connectivity index (χ0) is 14.4. The van der Waals surface area contributed by atoms with Gasteiger partial charge in [-0.3, -0.25) is 0 Å². The number of fused-ring (bicyclic) bond motifs is 2. The minimum Gasteiger partial charge on any atom is -0.458 e. The zero-order valence-corrected chi connectivity index (χ0v) is 12.1. The van der Waals surface area contributed by atoms with Gasteiger partial charge in [0.15, 0.2) is 0 Å². The molecule has 0 saturated carbocycles. The van der Waals surface area contributed by atoms with Crippen LogP contribution in [0, 0.1) is 6.92 Å². The van der Waals surface area contributed by atoms with Crippen LogP contribution >= 0.6 is 0 Å². The van der Waals surface area contributed by atoms with Crippen molar-refractivity contribution in [3.8, 4) is 0 Å². The van der Waals surface area contributed by atoms with Crippen molar-refractivity contribution >= 4 is 11.0 Å². The Balaban J connectivity index is 1.80. The predicted molar refractivity (Wildman–Crippen MR) is 83.3 cm³/mol. The molecule has 1 aliphatic rings. The van der Waals surface area contributed by atoms with Gasteiger partial charge in [-0.1, -0.05) is 42.5 Å². The van der Waals surface area contributed by atoms with E-state index in [9.17, 15) is 5.11 Å². The SMILES string of the molecule is Cc1cccc2cc(C3(O)CCc4ccccc4C3)oc12. The first-order chi connectivity index (χ1) is 10.2. The third kappa shape index (κ3) is 1.98. The molecular weight excluding hydrogens is 260 g/mol. The molecular formula is C19H18O2. The second kappa shape index (κ2) is 4.47. The van der Waals surface area contributed by atoms with Gasteiger partial charge in [0.2, 0.25) is 0 Å². The molecule has 2 aromatic carbocycles. The summed E-state index contributed by atoms with van der Waals surface area (Å²) in [6.07, 6.45) is 2.23. The van der Waals surface area contributed by atoms with Crippen LogP contribution in [-0.4, -0.2) is 5.11 Å². The first-order valence-electron chi connectivity index (χ1n) is 7.44. The van der Waals surface area contributed by atoms with Crippen molar-refractivity contribution in [1.82, 2.24) is 0 Å². The summed E-state index contributed by atoms with van der Waals surface area (Å²) in [4.78, 5) is 0. The Bertz CT molecular complexity index is 815. The summed E-state index contributed by atoms with van der Waals surface area (Å²) in [5, 5.41) is 12.2. The fraction of sp³-hybridized carbons (Fsp3) is 0.263. The molecule has 21 heavy (non-hydrogen) atoms. The molecule has 4 rings (SSSR count). The number of benzene rings is 2. The second-order valence-electron chi connectivity index (χ2n) is 6.08. The van der Waals surface area contributed by atoms with Crippen LogP contribution in [0.1, 0.15) is 28.9 Å². The second-order valence-corrected chi connectivity index (χ2v) is 6.08. The van der Waals surface area contributed by atoms with Crippen LogP contribution in [0.15, 0.2) is 52.9 Å². The molecule has 0 spiro atoms. The van der Waals surface area contributed by atoms with Crippen molar-refractivity contribution in [2.24, 2.45) is 0 Å². The summed E-state index contributed by atoms with van der Waals surface area (Å²) in [6, 6.07) is 16.4. The molecule has 1 N–H and O–H groups in total. The molecule has 106 valence electrons. The Morgan fingerprint density at radius 2 is 1.86 bits per heavy atom. The van der Waals surface area contributed by atoms with Crippen LogP contribution in [0.5, 0.6) is 0 Å². The van der Waals surface area contributed by atoms with Crippen molar-refractivity contribution in [2.45, 2.75) is 31.8 Å². The van der Waals surface area contributed by atoms with Crippen LogP contribution in [0.4, 0.5) is 0 Å². The maximum Gasteiger partial charge on any atom is 0.137 e. The van der Waals surface area contributed by atoms with E-state index in [0.717, 1.165) is 23.0 Å². The fourth-order valence-electron chi connectivity index (χ4n) is 3.37. The molecule has 1 aromatic heterocycles. The lowest BCUT2D eigenvalue weighted by Gasteiger charge is -2.31. The number of rotatable bonds is 1. The molecule has 1 heterocycles. The molecule has 0 radical (unpaired) electrons. The smallest absolute Gasteiger partial charge is 0.137 e. The van der Waals surface area contributed by atoms with Crippen molar-refractivity contribution in [2.75, 3.05) is 0 Å². The molecule has 0 saturated heterocycles. The Morgan fingerprint density at radius 1 is 1.05 bits per heavy atom. The fourth-order valence-corrected chi connectivity index (χ4v) is 3.37. The van der Waals surface area contributed by atoms with Crippen LogP contribution in [0.2, 0.25) is 0 Å². The Hall–Kier alpha value is -2.06. The van der Waals surface area contributed by atoms with Gasteiger partial charge in [0.05, 0.1) is 0 Å². The van der Waals surface area contributed by atoms with E-state index in [2.05, 4.69) is 18.2 Å². The Labute approximate surface area is 124 Å². The summed E-state index contributed by atoms with van der Waals surface area (Å²) >= 11 is 0. The van der Waals surface area contributed by atoms with E-state index < -0.39 is 5.60 Å². The summed E-state index contributed by atoms with van der Waals surface area (Å²) < 4.78 is 6.01. The van der Waals surface area contributed by atoms with E-state index in [-0.39, 0.29) is 0 Å². The molecule has 2 heteroatoms. The van der Waals surface area contributed by atoms with E-state index in [1.54, 1.807) is 0 Å². The van der Waals surface area contributed by atoms with Crippen LogP contribution in [-0.2, 0) is 18.4 Å². The Morgan fingerprint density at radius 3 is 2.67 bits per heavy atom. The topological polar surface area (TPSA) is 33.4 Å². The molecule has 1 unspecified atom stereocenters. The van der Waals surface area contributed by atoms with Crippen molar-refractivity contribution in [3.05, 3.63) is 71.0 Å². The number of para-hydroxylation sites is 1. The highest BCUT2D eigenvalue weighted by molar-refractivity contribution is 5.81. The van der Waals surface area contributed by atoms with Gasteiger partial charge in [0, 0.05) is 11.8 Å². The summed E-state index contributed by atoms with van der Waals surface area (Å²) in [5.74, 6) is 0.696. The minimum absolute atomic E-state index is 0.627. The number of aryl methyl sites for hydroxylation is 2. The number of hydrogen-bond donors (Lipinski definition) is 1. The first kappa shape index (κ1) is 12.7. The highest BCUT2D eigenvalue weighted by atomic mass is 16.4. The van der Waals surface area contributed by atoms with Gasteiger partial charge in [-0.15, -0.1) is 0 Å². The summed E-state index contributed by atoms with van der Waals surface area (Å²) in [7, 11) is 0. The van der Waals surface area contributed by atoms with Gasteiger partial charge in [-0.05, 0) is 42.5 Å². The molecule has 3 aromatic rings. The summed E-state index contributed by atoms with van der Waals surface area (Å²) in [5.41, 5.74) is 3.68. The van der Waals surface area contributed by atoms with E-state index in [1.807, 2.05) is 37.3 Å². The lowest BCUT2D eigenvalue weighted by Crippen LogP contribution is -2.32. The lowest BCUT2D eigenvalue weighted by molar-refractivity contribution is 0.00264. The van der Waals surface area contributed by atoms with Gasteiger partial charge >= 0.3 is 0 Å². The lowest BCUT2D eigenvalue weighted by atomic mass is 9.79. The van der Waals surface area contributed by atoms with Crippen molar-refractivity contribution in [1.29, 1.82) is 0 Å². The molecule has 2 nitrogen and oxygen atoms in total. The van der Waals surface area contributed by atoms with E-state index in [1.165, 1.54) is 11.1 Å². The average molecular weight is 278 g/mol. The normalized spacial score (nSPS) is 21.4. The largest absolute Gasteiger partial charge is 0.458 e. The van der Waals surface area contributed by atoms with E-state index in [4.69, 9.17) is 4.42 Å². The molecule has 0 bridgehead atoms. The molecule has 1 atom stereocenters. The van der Waals surface area contributed by atoms with Gasteiger partial charge in [0.25, 0.3) is 0 Å². The highest BCUT2D eigenvalue weighted by Gasteiger charge is 2.36. The number of furan rings is 1. The van der Waals surface area contributed by atoms with Gasteiger partial charge in [-0.25, -0.2) is 0 Å².